The van der Waals surface area contributed by atoms with E-state index in [0.717, 1.165) is 17.4 Å². The monoisotopic (exact) mass is 379 g/mol. The molecule has 1 fully saturated rings. The van der Waals surface area contributed by atoms with Gasteiger partial charge in [0.25, 0.3) is 0 Å². The van der Waals surface area contributed by atoms with Gasteiger partial charge in [-0.05, 0) is 60.4 Å². The summed E-state index contributed by atoms with van der Waals surface area (Å²) in [5, 5.41) is 8.95. The fourth-order valence-corrected chi connectivity index (χ4v) is 6.82. The third-order valence-electron chi connectivity index (χ3n) is 6.15. The Bertz CT molecular complexity index is 886. The van der Waals surface area contributed by atoms with Crippen LogP contribution in [0, 0.1) is 23.2 Å². The minimum Gasteiger partial charge on any atom is -0.192 e. The normalized spacial score (nSPS) is 21.6. The maximum absolute atomic E-state index is 8.95. The van der Waals surface area contributed by atoms with Gasteiger partial charge in [-0.2, -0.15) is 5.26 Å². The van der Waals surface area contributed by atoms with Crippen LogP contribution in [0.5, 0.6) is 0 Å². The molecule has 2 aromatic heterocycles. The number of rotatable bonds is 4. The Balaban J connectivity index is 1.52. The lowest BCUT2D eigenvalue weighted by Gasteiger charge is -2.31. The number of hydrogen-bond donors (Lipinski definition) is 0. The molecule has 1 atom stereocenters. The van der Waals surface area contributed by atoms with Gasteiger partial charge >= 0.3 is 0 Å². The Morgan fingerprint density at radius 2 is 1.73 bits per heavy atom. The molecule has 3 heteroatoms. The summed E-state index contributed by atoms with van der Waals surface area (Å²) in [6.07, 6.45) is 7.01. The van der Waals surface area contributed by atoms with Crippen molar-refractivity contribution in [3.8, 4) is 16.5 Å². The van der Waals surface area contributed by atoms with Crippen LogP contribution in [0.4, 0.5) is 0 Å². The standard InChI is InChI=1S/C23H25NS2/c1-3-16-4-8-18(9-5-16)15(2)20-12-22-23(25-20)13-21(26-22)19-10-6-17(14-24)7-11-19/h6-7,10-13,15-16,18H,3-5,8-9H2,1-2H3. The van der Waals surface area contributed by atoms with Crippen molar-refractivity contribution in [2.24, 2.45) is 11.8 Å². The van der Waals surface area contributed by atoms with Crippen LogP contribution in [0.25, 0.3) is 19.8 Å². The molecule has 1 aliphatic rings. The van der Waals surface area contributed by atoms with Crippen molar-refractivity contribution in [3.63, 3.8) is 0 Å². The highest BCUT2D eigenvalue weighted by Crippen LogP contribution is 2.45. The first-order valence-corrected chi connectivity index (χ1v) is 11.3. The molecule has 0 aliphatic heterocycles. The Kier molecular flexibility index (Phi) is 5.16. The Hall–Kier alpha value is -1.63. The molecule has 0 spiro atoms. The SMILES string of the molecule is CCC1CCC(C(C)c2cc3sc(-c4ccc(C#N)cc4)cc3s2)CC1. The Morgan fingerprint density at radius 1 is 1.04 bits per heavy atom. The second-order valence-electron chi connectivity index (χ2n) is 7.65. The molecule has 0 bridgehead atoms. The number of benzene rings is 1. The Labute approximate surface area is 164 Å². The molecular formula is C23H25NS2. The molecule has 1 nitrogen and oxygen atoms in total. The molecule has 1 aliphatic carbocycles. The molecule has 2 heterocycles. The highest BCUT2D eigenvalue weighted by molar-refractivity contribution is 7.29. The van der Waals surface area contributed by atoms with Gasteiger partial charge in [0.1, 0.15) is 0 Å². The van der Waals surface area contributed by atoms with Gasteiger partial charge in [-0.1, -0.05) is 45.2 Å². The van der Waals surface area contributed by atoms with Crippen LogP contribution in [0.3, 0.4) is 0 Å². The van der Waals surface area contributed by atoms with E-state index in [0.29, 0.717) is 5.92 Å². The summed E-state index contributed by atoms with van der Waals surface area (Å²) in [5.74, 6) is 2.53. The van der Waals surface area contributed by atoms with E-state index >= 15 is 0 Å². The zero-order valence-corrected chi connectivity index (χ0v) is 17.1. The van der Waals surface area contributed by atoms with Crippen molar-refractivity contribution >= 4 is 32.1 Å². The second kappa shape index (κ2) is 7.55. The van der Waals surface area contributed by atoms with Gasteiger partial charge < -0.3 is 0 Å². The van der Waals surface area contributed by atoms with Gasteiger partial charge in [0, 0.05) is 19.2 Å². The quantitative estimate of drug-likeness (QED) is 0.453. The average Bonchev–Trinajstić information content (AvgIpc) is 3.27. The summed E-state index contributed by atoms with van der Waals surface area (Å²) in [5.41, 5.74) is 1.94. The number of nitrogens with zero attached hydrogens (tertiary/aromatic N) is 1. The predicted molar refractivity (Wildman–Crippen MR) is 114 cm³/mol. The molecule has 4 rings (SSSR count). The molecule has 1 aromatic carbocycles. The van der Waals surface area contributed by atoms with E-state index in [9.17, 15) is 0 Å². The predicted octanol–water partition coefficient (Wildman–Crippen LogP) is 7.82. The van der Waals surface area contributed by atoms with E-state index < -0.39 is 0 Å². The molecule has 0 N–H and O–H groups in total. The van der Waals surface area contributed by atoms with E-state index in [-0.39, 0.29) is 0 Å². The van der Waals surface area contributed by atoms with Crippen LogP contribution in [0.1, 0.15) is 62.3 Å². The van der Waals surface area contributed by atoms with Gasteiger partial charge in [-0.15, -0.1) is 22.7 Å². The molecule has 1 unspecified atom stereocenters. The van der Waals surface area contributed by atoms with Crippen LogP contribution in [-0.2, 0) is 0 Å². The molecule has 1 saturated carbocycles. The number of hydrogen-bond acceptors (Lipinski definition) is 3. The zero-order chi connectivity index (χ0) is 18.1. The molecular weight excluding hydrogens is 354 g/mol. The molecule has 0 saturated heterocycles. The van der Waals surface area contributed by atoms with E-state index in [1.807, 2.05) is 34.8 Å². The summed E-state index contributed by atoms with van der Waals surface area (Å²) in [6, 6.07) is 14.9. The summed E-state index contributed by atoms with van der Waals surface area (Å²) >= 11 is 3.87. The van der Waals surface area contributed by atoms with Gasteiger partial charge in [0.05, 0.1) is 11.6 Å². The average molecular weight is 380 g/mol. The van der Waals surface area contributed by atoms with E-state index in [1.165, 1.54) is 51.9 Å². The van der Waals surface area contributed by atoms with Crippen LogP contribution < -0.4 is 0 Å². The first-order valence-electron chi connectivity index (χ1n) is 9.71. The van der Waals surface area contributed by atoms with Crippen LogP contribution in [0.15, 0.2) is 36.4 Å². The highest BCUT2D eigenvalue weighted by atomic mass is 32.1. The summed E-state index contributed by atoms with van der Waals surface area (Å²) in [4.78, 5) is 2.87. The fourth-order valence-electron chi connectivity index (χ4n) is 4.26. The van der Waals surface area contributed by atoms with Crippen LogP contribution >= 0.6 is 22.7 Å². The maximum Gasteiger partial charge on any atom is 0.0991 e. The zero-order valence-electron chi connectivity index (χ0n) is 15.5. The molecule has 134 valence electrons. The van der Waals surface area contributed by atoms with Gasteiger partial charge in [-0.25, -0.2) is 0 Å². The third-order valence-corrected chi connectivity index (χ3v) is 8.69. The maximum atomic E-state index is 8.95. The lowest BCUT2D eigenvalue weighted by molar-refractivity contribution is 0.246. The lowest BCUT2D eigenvalue weighted by Crippen LogP contribution is -2.18. The van der Waals surface area contributed by atoms with Crippen molar-refractivity contribution in [2.75, 3.05) is 0 Å². The number of fused-ring (bicyclic) bond motifs is 1. The van der Waals surface area contributed by atoms with E-state index in [1.54, 1.807) is 4.88 Å². The summed E-state index contributed by atoms with van der Waals surface area (Å²) < 4.78 is 2.83. The topological polar surface area (TPSA) is 23.8 Å². The molecule has 0 amide bonds. The number of thiophene rings is 2. The minimum absolute atomic E-state index is 0.691. The van der Waals surface area contributed by atoms with Crippen molar-refractivity contribution in [1.29, 1.82) is 5.26 Å². The highest BCUT2D eigenvalue weighted by Gasteiger charge is 2.26. The first kappa shape index (κ1) is 17.8. The summed E-state index contributed by atoms with van der Waals surface area (Å²) in [7, 11) is 0. The number of nitriles is 1. The molecule has 3 aromatic rings. The van der Waals surface area contributed by atoms with Crippen molar-refractivity contribution < 1.29 is 0 Å². The molecule has 0 radical (unpaired) electrons. The van der Waals surface area contributed by atoms with Crippen LogP contribution in [-0.4, -0.2) is 0 Å². The van der Waals surface area contributed by atoms with Crippen molar-refractivity contribution in [3.05, 3.63) is 46.8 Å². The van der Waals surface area contributed by atoms with Gasteiger partial charge in [0.15, 0.2) is 0 Å². The minimum atomic E-state index is 0.691. The smallest absolute Gasteiger partial charge is 0.0991 e. The first-order chi connectivity index (χ1) is 12.7. The van der Waals surface area contributed by atoms with Crippen molar-refractivity contribution in [2.45, 2.75) is 51.9 Å². The van der Waals surface area contributed by atoms with E-state index in [4.69, 9.17) is 5.26 Å². The van der Waals surface area contributed by atoms with Gasteiger partial charge in [0.2, 0.25) is 0 Å². The van der Waals surface area contributed by atoms with Gasteiger partial charge in [-0.3, -0.25) is 0 Å². The second-order valence-corrected chi connectivity index (χ2v) is 9.85. The Morgan fingerprint density at radius 3 is 2.35 bits per heavy atom. The lowest BCUT2D eigenvalue weighted by atomic mass is 9.75. The van der Waals surface area contributed by atoms with Crippen LogP contribution in [0.2, 0.25) is 0 Å². The third kappa shape index (κ3) is 3.46. The summed E-state index contributed by atoms with van der Waals surface area (Å²) in [6.45, 7) is 4.78. The largest absolute Gasteiger partial charge is 0.192 e. The van der Waals surface area contributed by atoms with E-state index in [2.05, 4.69) is 44.2 Å². The van der Waals surface area contributed by atoms with Crippen molar-refractivity contribution in [1.82, 2.24) is 0 Å². The molecule has 26 heavy (non-hydrogen) atoms. The fraction of sp³-hybridized carbons (Fsp3) is 0.435.